The van der Waals surface area contributed by atoms with Crippen LogP contribution in [0, 0.1) is 17.3 Å². The lowest BCUT2D eigenvalue weighted by Crippen LogP contribution is -2.45. The Morgan fingerprint density at radius 3 is 2.79 bits per heavy atom. The predicted octanol–water partition coefficient (Wildman–Crippen LogP) is 5.10. The molecule has 3 heteroatoms. The van der Waals surface area contributed by atoms with Crippen molar-refractivity contribution in [3.63, 3.8) is 0 Å². The highest BCUT2D eigenvalue weighted by molar-refractivity contribution is 5.95. The molecule has 2 fully saturated rings. The number of likely N-dealkylation sites (tertiary alicyclic amines) is 1. The van der Waals surface area contributed by atoms with E-state index in [2.05, 4.69) is 36.1 Å². The van der Waals surface area contributed by atoms with Crippen LogP contribution < -0.4 is 4.74 Å². The highest BCUT2D eigenvalue weighted by Gasteiger charge is 2.53. The van der Waals surface area contributed by atoms with Gasteiger partial charge in [-0.2, -0.15) is 0 Å². The van der Waals surface area contributed by atoms with Crippen molar-refractivity contribution in [2.24, 2.45) is 17.3 Å². The molecule has 0 bridgehead atoms. The Morgan fingerprint density at radius 2 is 2.00 bits per heavy atom. The molecule has 1 saturated heterocycles. The summed E-state index contributed by atoms with van der Waals surface area (Å²) >= 11 is 0. The Kier molecular flexibility index (Phi) is 4.52. The summed E-state index contributed by atoms with van der Waals surface area (Å²) in [5.74, 6) is 3.33. The molecule has 0 unspecified atom stereocenters. The fraction of sp³-hybridized carbons (Fsp3) is 0.640. The second kappa shape index (κ2) is 6.93. The molecule has 4 aliphatic rings. The standard InChI is InChI=1S/C25H33NO2/c1-25-13-12-20-19-9-7-18(28-2)16-17(19)6-8-21(20)22(25)10-11-23(25)24(27)26-14-4-3-5-15-26/h7,9,11,16,20-22H,3-6,8,10,12-15H2,1-2H3/t20-,21-,22+,25-/m1/s1. The zero-order chi connectivity index (χ0) is 19.3. The number of allylic oxidation sites excluding steroid dienone is 1. The number of carbonyl (C=O) groups excluding carboxylic acids is 1. The van der Waals surface area contributed by atoms with Gasteiger partial charge in [-0.25, -0.2) is 0 Å². The van der Waals surface area contributed by atoms with Crippen LogP contribution in [0.25, 0.3) is 0 Å². The fourth-order valence-electron chi connectivity index (χ4n) is 6.85. The van der Waals surface area contributed by atoms with E-state index in [0.717, 1.165) is 43.7 Å². The number of nitrogens with zero attached hydrogens (tertiary/aromatic N) is 1. The number of hydrogen-bond donors (Lipinski definition) is 0. The molecule has 5 rings (SSSR count). The third-order valence-electron chi connectivity index (χ3n) is 8.39. The molecule has 4 atom stereocenters. The molecule has 3 nitrogen and oxygen atoms in total. The van der Waals surface area contributed by atoms with Crippen LogP contribution in [0.1, 0.15) is 68.9 Å². The molecule has 1 aromatic carbocycles. The quantitative estimate of drug-likeness (QED) is 0.715. The average molecular weight is 380 g/mol. The van der Waals surface area contributed by atoms with Crippen molar-refractivity contribution < 1.29 is 9.53 Å². The number of piperidine rings is 1. The van der Waals surface area contributed by atoms with Crippen molar-refractivity contribution in [1.29, 1.82) is 0 Å². The van der Waals surface area contributed by atoms with E-state index < -0.39 is 0 Å². The molecule has 0 aromatic heterocycles. The van der Waals surface area contributed by atoms with E-state index in [0.29, 0.717) is 23.7 Å². The van der Waals surface area contributed by atoms with E-state index in [1.807, 2.05) is 0 Å². The van der Waals surface area contributed by atoms with E-state index in [4.69, 9.17) is 4.74 Å². The molecule has 1 heterocycles. The van der Waals surface area contributed by atoms with Crippen LogP contribution in [-0.2, 0) is 11.2 Å². The Hall–Kier alpha value is -1.77. The fourth-order valence-corrected chi connectivity index (χ4v) is 6.85. The molecule has 150 valence electrons. The monoisotopic (exact) mass is 379 g/mol. The van der Waals surface area contributed by atoms with Gasteiger partial charge in [0.05, 0.1) is 7.11 Å². The van der Waals surface area contributed by atoms with Gasteiger partial charge in [-0.3, -0.25) is 4.79 Å². The molecule has 1 saturated carbocycles. The van der Waals surface area contributed by atoms with Gasteiger partial charge in [0, 0.05) is 24.1 Å². The lowest BCUT2D eigenvalue weighted by atomic mass is 9.54. The summed E-state index contributed by atoms with van der Waals surface area (Å²) in [5.41, 5.74) is 4.27. The molecule has 1 amide bonds. The Morgan fingerprint density at radius 1 is 1.18 bits per heavy atom. The van der Waals surface area contributed by atoms with E-state index in [1.165, 1.54) is 37.7 Å². The number of ether oxygens (including phenoxy) is 1. The molecule has 0 spiro atoms. The molecule has 3 aliphatic carbocycles. The third kappa shape index (κ3) is 2.73. The lowest BCUT2D eigenvalue weighted by molar-refractivity contribution is -0.129. The van der Waals surface area contributed by atoms with Crippen molar-refractivity contribution in [1.82, 2.24) is 4.90 Å². The molecule has 0 N–H and O–H groups in total. The Balaban J connectivity index is 1.39. The van der Waals surface area contributed by atoms with Gasteiger partial charge < -0.3 is 9.64 Å². The van der Waals surface area contributed by atoms with Crippen LogP contribution in [0.15, 0.2) is 29.8 Å². The number of benzene rings is 1. The molecule has 1 aliphatic heterocycles. The van der Waals surface area contributed by atoms with Gasteiger partial charge in [-0.15, -0.1) is 0 Å². The minimum Gasteiger partial charge on any atom is -0.497 e. The second-order valence-corrected chi connectivity index (χ2v) is 9.64. The van der Waals surface area contributed by atoms with Crippen LogP contribution in [0.4, 0.5) is 0 Å². The number of amides is 1. The van der Waals surface area contributed by atoms with Gasteiger partial charge in [0.25, 0.3) is 0 Å². The summed E-state index contributed by atoms with van der Waals surface area (Å²) in [4.78, 5) is 15.5. The normalized spacial score (nSPS) is 34.1. The first-order chi connectivity index (χ1) is 13.6. The molecular formula is C25H33NO2. The smallest absolute Gasteiger partial charge is 0.250 e. The van der Waals surface area contributed by atoms with Gasteiger partial charge in [0.2, 0.25) is 5.91 Å². The summed E-state index contributed by atoms with van der Waals surface area (Å²) in [7, 11) is 1.75. The number of fused-ring (bicyclic) bond motifs is 5. The summed E-state index contributed by atoms with van der Waals surface area (Å²) in [6.45, 7) is 4.31. The van der Waals surface area contributed by atoms with E-state index in [1.54, 1.807) is 12.7 Å². The zero-order valence-corrected chi connectivity index (χ0v) is 17.4. The first kappa shape index (κ1) is 18.3. The summed E-state index contributed by atoms with van der Waals surface area (Å²) < 4.78 is 5.45. The summed E-state index contributed by atoms with van der Waals surface area (Å²) in [6.07, 6.45) is 11.8. The molecular weight excluding hydrogens is 346 g/mol. The van der Waals surface area contributed by atoms with Crippen LogP contribution in [-0.4, -0.2) is 31.0 Å². The minimum atomic E-state index is 0.0830. The molecule has 0 radical (unpaired) electrons. The first-order valence-electron chi connectivity index (χ1n) is 11.3. The van der Waals surface area contributed by atoms with Crippen molar-refractivity contribution >= 4 is 5.91 Å². The topological polar surface area (TPSA) is 29.5 Å². The first-order valence-corrected chi connectivity index (χ1v) is 11.3. The maximum absolute atomic E-state index is 13.3. The molecule has 1 aromatic rings. The number of methoxy groups -OCH3 is 1. The Labute approximate surface area is 169 Å². The van der Waals surface area contributed by atoms with Crippen molar-refractivity contribution in [2.45, 2.75) is 64.2 Å². The predicted molar refractivity (Wildman–Crippen MR) is 112 cm³/mol. The third-order valence-corrected chi connectivity index (χ3v) is 8.39. The lowest BCUT2D eigenvalue weighted by Gasteiger charge is -2.50. The van der Waals surface area contributed by atoms with Crippen molar-refractivity contribution in [2.75, 3.05) is 20.2 Å². The second-order valence-electron chi connectivity index (χ2n) is 9.64. The molecule has 28 heavy (non-hydrogen) atoms. The summed E-state index contributed by atoms with van der Waals surface area (Å²) in [5, 5.41) is 0. The van der Waals surface area contributed by atoms with E-state index in [-0.39, 0.29) is 5.41 Å². The largest absolute Gasteiger partial charge is 0.497 e. The van der Waals surface area contributed by atoms with Crippen molar-refractivity contribution in [3.8, 4) is 5.75 Å². The minimum absolute atomic E-state index is 0.0830. The number of carbonyl (C=O) groups is 1. The van der Waals surface area contributed by atoms with Gasteiger partial charge in [-0.1, -0.05) is 19.1 Å². The maximum Gasteiger partial charge on any atom is 0.250 e. The van der Waals surface area contributed by atoms with Crippen LogP contribution in [0.2, 0.25) is 0 Å². The number of aryl methyl sites for hydroxylation is 1. The van der Waals surface area contributed by atoms with Gasteiger partial charge in [-0.05, 0) is 92.4 Å². The summed E-state index contributed by atoms with van der Waals surface area (Å²) in [6, 6.07) is 6.70. The van der Waals surface area contributed by atoms with Crippen LogP contribution in [0.3, 0.4) is 0 Å². The maximum atomic E-state index is 13.3. The highest BCUT2D eigenvalue weighted by atomic mass is 16.5. The highest BCUT2D eigenvalue weighted by Crippen LogP contribution is 2.61. The SMILES string of the molecule is COc1ccc2c(c1)CC[C@@H]1[C@@H]2CC[C@@]2(C)C(C(=O)N3CCCCC3)=CC[C@@H]12. The van der Waals surface area contributed by atoms with Gasteiger partial charge in [0.15, 0.2) is 0 Å². The van der Waals surface area contributed by atoms with Gasteiger partial charge in [0.1, 0.15) is 5.75 Å². The number of rotatable bonds is 2. The van der Waals surface area contributed by atoms with Gasteiger partial charge >= 0.3 is 0 Å². The van der Waals surface area contributed by atoms with Crippen molar-refractivity contribution in [3.05, 3.63) is 41.0 Å². The van der Waals surface area contributed by atoms with E-state index in [9.17, 15) is 4.79 Å². The van der Waals surface area contributed by atoms with E-state index >= 15 is 0 Å². The van der Waals surface area contributed by atoms with Crippen LogP contribution >= 0.6 is 0 Å². The van der Waals surface area contributed by atoms with Crippen LogP contribution in [0.5, 0.6) is 5.75 Å². The zero-order valence-electron chi connectivity index (χ0n) is 17.4. The number of hydrogen-bond acceptors (Lipinski definition) is 2. The Bertz CT molecular complexity index is 807. The average Bonchev–Trinajstić information content (AvgIpc) is 3.10.